The predicted molar refractivity (Wildman–Crippen MR) is 109 cm³/mol. The van der Waals surface area contributed by atoms with Crippen LogP contribution >= 0.6 is 15.9 Å². The Labute approximate surface area is 170 Å². The Hall–Kier alpha value is -2.80. The number of benzene rings is 1. The lowest BCUT2D eigenvalue weighted by Crippen LogP contribution is -2.46. The van der Waals surface area contributed by atoms with E-state index in [1.54, 1.807) is 29.4 Å². The molecule has 0 unspecified atom stereocenters. The Bertz CT molecular complexity index is 1130. The third-order valence-electron chi connectivity index (χ3n) is 5.51. The number of aromatic nitrogens is 2. The van der Waals surface area contributed by atoms with E-state index in [-0.39, 0.29) is 23.8 Å². The van der Waals surface area contributed by atoms with E-state index in [0.29, 0.717) is 17.9 Å². The summed E-state index contributed by atoms with van der Waals surface area (Å²) in [6.45, 7) is 0.603. The van der Waals surface area contributed by atoms with Gasteiger partial charge in [-0.05, 0) is 54.8 Å². The first kappa shape index (κ1) is 17.3. The van der Waals surface area contributed by atoms with Crippen molar-refractivity contribution in [1.29, 1.82) is 0 Å². The third kappa shape index (κ3) is 2.96. The maximum atomic E-state index is 12.9. The highest BCUT2D eigenvalue weighted by Crippen LogP contribution is 2.52. The number of hydrogen-bond acceptors (Lipinski definition) is 4. The van der Waals surface area contributed by atoms with Crippen LogP contribution in [0.5, 0.6) is 0 Å². The van der Waals surface area contributed by atoms with Gasteiger partial charge in [0.05, 0.1) is 5.52 Å². The number of amides is 2. The van der Waals surface area contributed by atoms with Crippen LogP contribution in [-0.4, -0.2) is 39.8 Å². The molecule has 3 aromatic rings. The van der Waals surface area contributed by atoms with E-state index in [4.69, 9.17) is 0 Å². The van der Waals surface area contributed by atoms with E-state index in [9.17, 15) is 9.59 Å². The van der Waals surface area contributed by atoms with Crippen molar-refractivity contribution < 1.29 is 9.59 Å². The van der Waals surface area contributed by atoms with Crippen LogP contribution < -0.4 is 5.32 Å². The van der Waals surface area contributed by atoms with Gasteiger partial charge in [-0.25, -0.2) is 4.98 Å². The molecule has 0 atom stereocenters. The summed E-state index contributed by atoms with van der Waals surface area (Å²) in [5.74, 6) is 0.136. The molecule has 7 heteroatoms. The molecule has 1 aliphatic heterocycles. The van der Waals surface area contributed by atoms with Gasteiger partial charge in [0.2, 0.25) is 5.91 Å². The smallest absolute Gasteiger partial charge is 0.254 e. The summed E-state index contributed by atoms with van der Waals surface area (Å²) in [5, 5.41) is 3.72. The van der Waals surface area contributed by atoms with Crippen LogP contribution in [0.15, 0.2) is 53.3 Å². The van der Waals surface area contributed by atoms with Crippen molar-refractivity contribution in [2.45, 2.75) is 18.3 Å². The van der Waals surface area contributed by atoms with Crippen molar-refractivity contribution in [3.8, 4) is 0 Å². The zero-order chi connectivity index (χ0) is 19.3. The third-order valence-corrected chi connectivity index (χ3v) is 6.00. The zero-order valence-corrected chi connectivity index (χ0v) is 16.6. The molecule has 1 aromatic carbocycles. The first-order chi connectivity index (χ1) is 13.5. The second-order valence-corrected chi connectivity index (χ2v) is 8.36. The van der Waals surface area contributed by atoms with Crippen LogP contribution in [0.4, 0.5) is 5.82 Å². The molecule has 140 valence electrons. The average Bonchev–Trinajstić information content (AvgIpc) is 3.46. The molecule has 1 fully saturated rings. The quantitative estimate of drug-likeness (QED) is 0.681. The summed E-state index contributed by atoms with van der Waals surface area (Å²) in [5.41, 5.74) is 2.57. The highest BCUT2D eigenvalue weighted by atomic mass is 79.9. The van der Waals surface area contributed by atoms with Crippen LogP contribution in [0.3, 0.4) is 0 Å². The van der Waals surface area contributed by atoms with Gasteiger partial charge >= 0.3 is 0 Å². The van der Waals surface area contributed by atoms with Gasteiger partial charge in [0, 0.05) is 39.8 Å². The molecule has 2 aliphatic rings. The number of nitrogens with one attached hydrogen (secondary N) is 1. The van der Waals surface area contributed by atoms with Crippen LogP contribution in [0.1, 0.15) is 28.8 Å². The van der Waals surface area contributed by atoms with Crippen LogP contribution in [0.2, 0.25) is 0 Å². The molecule has 2 amide bonds. The standard InChI is InChI=1S/C21H17BrN4O2/c22-14-2-3-15-16(9-14)21(6-7-21)12-26(20(15)28)11-19(27)25-18-4-1-13-10-23-8-5-17(13)24-18/h1-5,8-10H,6-7,11-12H2,(H,24,25,27). The molecular formula is C21H17BrN4O2. The van der Waals surface area contributed by atoms with Crippen molar-refractivity contribution in [1.82, 2.24) is 14.9 Å². The van der Waals surface area contributed by atoms with Gasteiger partial charge in [0.25, 0.3) is 5.91 Å². The normalized spacial score (nSPS) is 16.9. The second-order valence-electron chi connectivity index (χ2n) is 7.44. The fraction of sp³-hybridized carbons (Fsp3) is 0.238. The topological polar surface area (TPSA) is 75.2 Å². The van der Waals surface area contributed by atoms with Gasteiger partial charge < -0.3 is 10.2 Å². The van der Waals surface area contributed by atoms with Gasteiger partial charge in [-0.1, -0.05) is 15.9 Å². The predicted octanol–water partition coefficient (Wildman–Crippen LogP) is 3.52. The van der Waals surface area contributed by atoms with Crippen molar-refractivity contribution in [2.75, 3.05) is 18.4 Å². The fourth-order valence-corrected chi connectivity index (χ4v) is 4.29. The molecule has 6 nitrogen and oxygen atoms in total. The maximum Gasteiger partial charge on any atom is 0.254 e. The number of nitrogens with zero attached hydrogens (tertiary/aromatic N) is 3. The summed E-state index contributed by atoms with van der Waals surface area (Å²) in [6.07, 6.45) is 5.48. The van der Waals surface area contributed by atoms with Gasteiger partial charge in [0.15, 0.2) is 0 Å². The number of carbonyl (C=O) groups excluding carboxylic acids is 2. The van der Waals surface area contributed by atoms with Crippen LogP contribution in [0.25, 0.3) is 10.9 Å². The number of halogens is 1. The molecule has 5 rings (SSSR count). The Kier molecular flexibility index (Phi) is 3.94. The number of hydrogen-bond donors (Lipinski definition) is 1. The fourth-order valence-electron chi connectivity index (χ4n) is 3.93. The summed E-state index contributed by atoms with van der Waals surface area (Å²) in [4.78, 5) is 35.7. The molecule has 0 saturated heterocycles. The van der Waals surface area contributed by atoms with Gasteiger partial charge in [-0.2, -0.15) is 0 Å². The van der Waals surface area contributed by atoms with E-state index in [1.807, 2.05) is 24.3 Å². The molecule has 0 radical (unpaired) electrons. The summed E-state index contributed by atoms with van der Waals surface area (Å²) >= 11 is 3.50. The van der Waals surface area contributed by atoms with Crippen molar-refractivity contribution in [3.05, 3.63) is 64.4 Å². The molecule has 28 heavy (non-hydrogen) atoms. The monoisotopic (exact) mass is 436 g/mol. The first-order valence-corrected chi connectivity index (χ1v) is 9.93. The van der Waals surface area contributed by atoms with E-state index in [0.717, 1.165) is 33.8 Å². The second kappa shape index (κ2) is 6.38. The van der Waals surface area contributed by atoms with Gasteiger partial charge in [0.1, 0.15) is 12.4 Å². The van der Waals surface area contributed by atoms with Gasteiger partial charge in [-0.15, -0.1) is 0 Å². The number of pyridine rings is 2. The Morgan fingerprint density at radius 2 is 2.07 bits per heavy atom. The van der Waals surface area contributed by atoms with E-state index in [1.165, 1.54) is 0 Å². The number of carbonyl (C=O) groups is 2. The molecule has 0 bridgehead atoms. The lowest BCUT2D eigenvalue weighted by molar-refractivity contribution is -0.117. The molecule has 1 saturated carbocycles. The van der Waals surface area contributed by atoms with E-state index < -0.39 is 0 Å². The lowest BCUT2D eigenvalue weighted by Gasteiger charge is -2.34. The summed E-state index contributed by atoms with van der Waals surface area (Å²) in [6, 6.07) is 11.2. The highest BCUT2D eigenvalue weighted by molar-refractivity contribution is 9.10. The maximum absolute atomic E-state index is 12.9. The SMILES string of the molecule is O=C(CN1CC2(CC2)c2cc(Br)ccc2C1=O)Nc1ccc2cnccc2n1. The first-order valence-electron chi connectivity index (χ1n) is 9.14. The zero-order valence-electron chi connectivity index (χ0n) is 15.0. The minimum atomic E-state index is -0.245. The average molecular weight is 437 g/mol. The van der Waals surface area contributed by atoms with E-state index >= 15 is 0 Å². The van der Waals surface area contributed by atoms with E-state index in [2.05, 4.69) is 31.2 Å². The molecule has 3 heterocycles. The minimum absolute atomic E-state index is 0.00149. The highest BCUT2D eigenvalue weighted by Gasteiger charge is 2.51. The van der Waals surface area contributed by atoms with Crippen molar-refractivity contribution >= 4 is 44.5 Å². The number of anilines is 1. The summed E-state index contributed by atoms with van der Waals surface area (Å²) < 4.78 is 0.981. The summed E-state index contributed by atoms with van der Waals surface area (Å²) in [7, 11) is 0. The van der Waals surface area contributed by atoms with Crippen LogP contribution in [-0.2, 0) is 10.2 Å². The largest absolute Gasteiger partial charge is 0.328 e. The van der Waals surface area contributed by atoms with Crippen molar-refractivity contribution in [3.63, 3.8) is 0 Å². The molecule has 1 spiro atoms. The van der Waals surface area contributed by atoms with Gasteiger partial charge in [-0.3, -0.25) is 14.6 Å². The Balaban J connectivity index is 1.35. The Morgan fingerprint density at radius 3 is 2.89 bits per heavy atom. The Morgan fingerprint density at radius 1 is 1.21 bits per heavy atom. The molecule has 1 N–H and O–H groups in total. The number of rotatable bonds is 3. The number of fused-ring (bicyclic) bond motifs is 3. The van der Waals surface area contributed by atoms with Crippen molar-refractivity contribution in [2.24, 2.45) is 0 Å². The molecule has 1 aliphatic carbocycles. The lowest BCUT2D eigenvalue weighted by atomic mass is 9.86. The molecule has 2 aromatic heterocycles. The van der Waals surface area contributed by atoms with Crippen LogP contribution in [0, 0.1) is 0 Å². The molecular weight excluding hydrogens is 420 g/mol. The minimum Gasteiger partial charge on any atom is -0.328 e.